The lowest BCUT2D eigenvalue weighted by atomic mass is 10.2. The van der Waals surface area contributed by atoms with Gasteiger partial charge in [0.25, 0.3) is 0 Å². The maximum absolute atomic E-state index is 8.67. The molecule has 4 heteroatoms. The van der Waals surface area contributed by atoms with Crippen LogP contribution in [0.5, 0.6) is 5.75 Å². The van der Waals surface area contributed by atoms with Gasteiger partial charge in [-0.25, -0.2) is 0 Å². The zero-order chi connectivity index (χ0) is 12.3. The van der Waals surface area contributed by atoms with Crippen molar-refractivity contribution < 1.29 is 14.6 Å². The smallest absolute Gasteiger partial charge is 0.121 e. The van der Waals surface area contributed by atoms with Crippen LogP contribution in [0.3, 0.4) is 0 Å². The number of benzene rings is 1. The number of anilines is 1. The summed E-state index contributed by atoms with van der Waals surface area (Å²) in [6, 6.07) is 7.85. The molecule has 0 saturated heterocycles. The number of aliphatic hydroxyl groups excluding tert-OH is 1. The highest BCUT2D eigenvalue weighted by molar-refractivity contribution is 5.48. The molecule has 1 aromatic carbocycles. The molecule has 0 aromatic heterocycles. The summed E-state index contributed by atoms with van der Waals surface area (Å²) < 4.78 is 10.4. The van der Waals surface area contributed by atoms with Crippen molar-refractivity contribution >= 4 is 5.69 Å². The number of unbranched alkanes of at least 4 members (excludes halogenated alkanes) is 1. The van der Waals surface area contributed by atoms with E-state index in [4.69, 9.17) is 14.6 Å². The van der Waals surface area contributed by atoms with E-state index in [1.165, 1.54) is 0 Å². The first kappa shape index (κ1) is 13.8. The highest BCUT2D eigenvalue weighted by Gasteiger charge is 1.96. The molecule has 0 fully saturated rings. The number of ether oxygens (including phenoxy) is 2. The average Bonchev–Trinajstić information content (AvgIpc) is 2.36. The Labute approximate surface area is 103 Å². The maximum Gasteiger partial charge on any atom is 0.121 e. The third kappa shape index (κ3) is 6.14. The van der Waals surface area contributed by atoms with Gasteiger partial charge in [0.05, 0.1) is 6.61 Å². The Balaban J connectivity index is 2.31. The Hall–Kier alpha value is -1.26. The third-order valence-electron chi connectivity index (χ3n) is 2.30. The molecule has 0 atom stereocenters. The van der Waals surface area contributed by atoms with Crippen LogP contribution >= 0.6 is 0 Å². The van der Waals surface area contributed by atoms with Crippen LogP contribution in [0, 0.1) is 0 Å². The standard InChI is InChI=1S/C13H21NO3/c1-16-9-10-17-13-6-4-5-12(11-13)14-7-2-3-8-15/h4-6,11,14-15H,2-3,7-10H2,1H3. The van der Waals surface area contributed by atoms with Crippen LogP contribution in [0.4, 0.5) is 5.69 Å². The number of methoxy groups -OCH3 is 1. The monoisotopic (exact) mass is 239 g/mol. The molecule has 0 amide bonds. The van der Waals surface area contributed by atoms with E-state index in [0.717, 1.165) is 30.8 Å². The molecule has 0 aliphatic heterocycles. The Morgan fingerprint density at radius 3 is 2.88 bits per heavy atom. The molecular formula is C13H21NO3. The summed E-state index contributed by atoms with van der Waals surface area (Å²) >= 11 is 0. The molecule has 17 heavy (non-hydrogen) atoms. The number of rotatable bonds is 9. The number of nitrogens with one attached hydrogen (secondary N) is 1. The van der Waals surface area contributed by atoms with Gasteiger partial charge in [0.2, 0.25) is 0 Å². The molecule has 4 nitrogen and oxygen atoms in total. The molecule has 0 spiro atoms. The fraction of sp³-hybridized carbons (Fsp3) is 0.538. The van der Waals surface area contributed by atoms with Gasteiger partial charge in [-0.05, 0) is 25.0 Å². The second kappa shape index (κ2) is 8.84. The van der Waals surface area contributed by atoms with Gasteiger partial charge in [0.1, 0.15) is 12.4 Å². The van der Waals surface area contributed by atoms with Crippen molar-refractivity contribution in [3.63, 3.8) is 0 Å². The van der Waals surface area contributed by atoms with E-state index in [0.29, 0.717) is 13.2 Å². The van der Waals surface area contributed by atoms with Gasteiger partial charge in [-0.15, -0.1) is 0 Å². The van der Waals surface area contributed by atoms with E-state index in [1.54, 1.807) is 7.11 Å². The molecule has 96 valence electrons. The molecular weight excluding hydrogens is 218 g/mol. The summed E-state index contributed by atoms with van der Waals surface area (Å²) in [6.07, 6.45) is 1.79. The van der Waals surface area contributed by atoms with Crippen molar-refractivity contribution in [2.45, 2.75) is 12.8 Å². The van der Waals surface area contributed by atoms with Gasteiger partial charge in [0, 0.05) is 32.0 Å². The number of hydrogen-bond donors (Lipinski definition) is 2. The van der Waals surface area contributed by atoms with Crippen molar-refractivity contribution in [1.29, 1.82) is 0 Å². The fourth-order valence-corrected chi connectivity index (χ4v) is 1.41. The van der Waals surface area contributed by atoms with Gasteiger partial charge >= 0.3 is 0 Å². The van der Waals surface area contributed by atoms with Crippen LogP contribution in [0.15, 0.2) is 24.3 Å². The summed E-state index contributed by atoms with van der Waals surface area (Å²) in [4.78, 5) is 0. The number of aliphatic hydroxyl groups is 1. The van der Waals surface area contributed by atoms with Crippen LogP contribution in [0.1, 0.15) is 12.8 Å². The fourth-order valence-electron chi connectivity index (χ4n) is 1.41. The molecule has 0 aliphatic carbocycles. The Morgan fingerprint density at radius 1 is 1.24 bits per heavy atom. The minimum absolute atomic E-state index is 0.252. The molecule has 1 aromatic rings. The van der Waals surface area contributed by atoms with E-state index in [1.807, 2.05) is 24.3 Å². The largest absolute Gasteiger partial charge is 0.491 e. The highest BCUT2D eigenvalue weighted by atomic mass is 16.5. The summed E-state index contributed by atoms with van der Waals surface area (Å²) in [5.41, 5.74) is 1.04. The second-order valence-corrected chi connectivity index (χ2v) is 3.73. The summed E-state index contributed by atoms with van der Waals surface area (Å²) in [5, 5.41) is 12.0. The van der Waals surface area contributed by atoms with Crippen molar-refractivity contribution in [2.24, 2.45) is 0 Å². The zero-order valence-electron chi connectivity index (χ0n) is 10.3. The SMILES string of the molecule is COCCOc1cccc(NCCCCO)c1. The van der Waals surface area contributed by atoms with Crippen molar-refractivity contribution in [3.8, 4) is 5.75 Å². The van der Waals surface area contributed by atoms with E-state index < -0.39 is 0 Å². The molecule has 0 unspecified atom stereocenters. The summed E-state index contributed by atoms with van der Waals surface area (Å²) in [7, 11) is 1.66. The predicted octanol–water partition coefficient (Wildman–Crippen LogP) is 1.90. The normalized spacial score (nSPS) is 10.2. The zero-order valence-corrected chi connectivity index (χ0v) is 10.3. The lowest BCUT2D eigenvalue weighted by Gasteiger charge is -2.09. The molecule has 1 rings (SSSR count). The van der Waals surface area contributed by atoms with E-state index in [2.05, 4.69) is 5.32 Å². The van der Waals surface area contributed by atoms with Crippen molar-refractivity contribution in [3.05, 3.63) is 24.3 Å². The molecule has 0 heterocycles. The van der Waals surface area contributed by atoms with Gasteiger partial charge in [-0.2, -0.15) is 0 Å². The molecule has 0 aliphatic rings. The first-order valence-corrected chi connectivity index (χ1v) is 5.93. The highest BCUT2D eigenvalue weighted by Crippen LogP contribution is 2.17. The lowest BCUT2D eigenvalue weighted by molar-refractivity contribution is 0.146. The predicted molar refractivity (Wildman–Crippen MR) is 68.6 cm³/mol. The first-order chi connectivity index (χ1) is 8.36. The van der Waals surface area contributed by atoms with E-state index in [9.17, 15) is 0 Å². The average molecular weight is 239 g/mol. The van der Waals surface area contributed by atoms with Gasteiger partial charge in [0.15, 0.2) is 0 Å². The van der Waals surface area contributed by atoms with Crippen LogP contribution in [0.2, 0.25) is 0 Å². The Morgan fingerprint density at radius 2 is 2.12 bits per heavy atom. The van der Waals surface area contributed by atoms with Gasteiger partial charge in [-0.1, -0.05) is 6.07 Å². The summed E-state index contributed by atoms with van der Waals surface area (Å²) in [5.74, 6) is 0.842. The van der Waals surface area contributed by atoms with Crippen LogP contribution in [0.25, 0.3) is 0 Å². The van der Waals surface area contributed by atoms with Crippen LogP contribution < -0.4 is 10.1 Å². The van der Waals surface area contributed by atoms with E-state index in [-0.39, 0.29) is 6.61 Å². The minimum Gasteiger partial charge on any atom is -0.491 e. The minimum atomic E-state index is 0.252. The van der Waals surface area contributed by atoms with Crippen molar-refractivity contribution in [2.75, 3.05) is 38.8 Å². The summed E-state index contributed by atoms with van der Waals surface area (Å²) in [6.45, 7) is 2.27. The molecule has 0 bridgehead atoms. The molecule has 0 saturated carbocycles. The Kier molecular flexibility index (Phi) is 7.18. The lowest BCUT2D eigenvalue weighted by Crippen LogP contribution is -2.05. The maximum atomic E-state index is 8.67. The van der Waals surface area contributed by atoms with Crippen LogP contribution in [-0.4, -0.2) is 38.6 Å². The van der Waals surface area contributed by atoms with Gasteiger partial charge in [-0.3, -0.25) is 0 Å². The van der Waals surface area contributed by atoms with Crippen molar-refractivity contribution in [1.82, 2.24) is 0 Å². The van der Waals surface area contributed by atoms with E-state index >= 15 is 0 Å². The van der Waals surface area contributed by atoms with Gasteiger partial charge < -0.3 is 19.9 Å². The Bertz CT molecular complexity index is 304. The first-order valence-electron chi connectivity index (χ1n) is 5.93. The topological polar surface area (TPSA) is 50.7 Å². The third-order valence-corrected chi connectivity index (χ3v) is 2.30. The second-order valence-electron chi connectivity index (χ2n) is 3.73. The van der Waals surface area contributed by atoms with Crippen LogP contribution in [-0.2, 0) is 4.74 Å². The number of hydrogen-bond acceptors (Lipinski definition) is 4. The molecule has 0 radical (unpaired) electrons. The quantitative estimate of drug-likeness (QED) is 0.646. The molecule has 2 N–H and O–H groups in total.